The van der Waals surface area contributed by atoms with Crippen molar-refractivity contribution in [1.82, 2.24) is 0 Å². The van der Waals surface area contributed by atoms with Crippen LogP contribution < -0.4 is 0 Å². The van der Waals surface area contributed by atoms with E-state index in [0.717, 1.165) is 0 Å². The van der Waals surface area contributed by atoms with Crippen LogP contribution in [0.25, 0.3) is 0 Å². The normalized spacial score (nSPS) is 16.8. The van der Waals surface area contributed by atoms with Crippen LogP contribution in [0.3, 0.4) is 0 Å². The summed E-state index contributed by atoms with van der Waals surface area (Å²) in [6.45, 7) is -1.85. The van der Waals surface area contributed by atoms with Gasteiger partial charge < -0.3 is 4.74 Å². The monoisotopic (exact) mass is 678 g/mol. The minimum atomic E-state index is -9.58. The molecule has 0 N–H and O–H groups in total. The highest BCUT2D eigenvalue weighted by Crippen LogP contribution is 2.67. The number of halogens is 25. The zero-order chi connectivity index (χ0) is 34.1. The average Bonchev–Trinajstić information content (AvgIpc) is 2.75. The lowest BCUT2D eigenvalue weighted by molar-refractivity contribution is -0.482. The Morgan fingerprint density at radius 3 is 0.707 bits per heavy atom. The zero-order valence-electron chi connectivity index (χ0n) is 18.3. The van der Waals surface area contributed by atoms with Crippen molar-refractivity contribution in [2.45, 2.75) is 77.7 Å². The van der Waals surface area contributed by atoms with Crippen molar-refractivity contribution in [3.05, 3.63) is 0 Å². The summed E-state index contributed by atoms with van der Waals surface area (Å²) in [5, 5.41) is 0. The summed E-state index contributed by atoms with van der Waals surface area (Å²) in [4.78, 5) is 0. The summed E-state index contributed by atoms with van der Waals surface area (Å²) >= 11 is 0. The first-order chi connectivity index (χ1) is 17.3. The lowest BCUT2D eigenvalue weighted by Crippen LogP contribution is -2.78. The number of hydrogen-bond donors (Lipinski definition) is 0. The first kappa shape index (κ1) is 39.2. The van der Waals surface area contributed by atoms with E-state index in [4.69, 9.17) is 0 Å². The molecular weight excluding hydrogens is 671 g/mol. The largest absolute Gasteiger partial charge is 0.460 e. The van der Waals surface area contributed by atoms with Gasteiger partial charge in [-0.05, 0) is 0 Å². The molecule has 0 fully saturated rings. The number of alkyl halides is 25. The molecule has 0 aliphatic heterocycles. The molecule has 0 atom stereocenters. The Morgan fingerprint density at radius 2 is 0.512 bits per heavy atom. The minimum absolute atomic E-state index is 0.321. The Morgan fingerprint density at radius 1 is 0.317 bits per heavy atom. The van der Waals surface area contributed by atoms with Gasteiger partial charge in [-0.1, -0.05) is 0 Å². The number of hydrogen-bond acceptors (Lipinski definition) is 1. The van der Waals surface area contributed by atoms with E-state index in [0.29, 0.717) is 7.11 Å². The highest BCUT2D eigenvalue weighted by Gasteiger charge is 2.99. The zero-order valence-corrected chi connectivity index (χ0v) is 18.3. The molecule has 0 aromatic carbocycles. The van der Waals surface area contributed by atoms with Crippen LogP contribution in [0.1, 0.15) is 6.42 Å². The fourth-order valence-electron chi connectivity index (χ4n) is 2.37. The van der Waals surface area contributed by atoms with Crippen LogP contribution in [0.15, 0.2) is 0 Å². The molecule has 248 valence electrons. The van der Waals surface area contributed by atoms with Gasteiger partial charge in [-0.15, -0.1) is 0 Å². The Labute approximate surface area is 207 Å². The maximum Gasteiger partial charge on any atom is 0.460 e. The molecule has 0 aromatic heterocycles. The first-order valence-electron chi connectivity index (χ1n) is 9.03. The van der Waals surface area contributed by atoms with E-state index >= 15 is 0 Å². The van der Waals surface area contributed by atoms with Gasteiger partial charge >= 0.3 is 71.3 Å². The van der Waals surface area contributed by atoms with Crippen molar-refractivity contribution in [3.8, 4) is 0 Å². The van der Waals surface area contributed by atoms with Gasteiger partial charge in [0.15, 0.2) is 0 Å². The Bertz CT molecular complexity index is 926. The second-order valence-corrected chi connectivity index (χ2v) is 7.69. The quantitative estimate of drug-likeness (QED) is 0.178. The van der Waals surface area contributed by atoms with Crippen LogP contribution in [0.4, 0.5) is 110 Å². The second-order valence-electron chi connectivity index (χ2n) is 7.69. The summed E-state index contributed by atoms with van der Waals surface area (Å²) in [5.41, 5.74) is 0. The molecule has 0 radical (unpaired) electrons. The number of rotatable bonds is 13. The summed E-state index contributed by atoms with van der Waals surface area (Å²) in [7, 11) is 0.321. The molecular formula is C15H7F25O. The maximum atomic E-state index is 13.6. The SMILES string of the molecule is COCCC(F)(F)C(F)(F)C(F)(F)C(F)(F)C(F)(F)C(F)(F)C(F)(F)C(F)(F)C(F)(F)C(F)(F)C(F)(F)C(F)(F)F. The third-order valence-corrected chi connectivity index (χ3v) is 4.98. The lowest BCUT2D eigenvalue weighted by atomic mass is 9.84. The smallest absolute Gasteiger partial charge is 0.384 e. The molecule has 41 heavy (non-hydrogen) atoms. The highest BCUT2D eigenvalue weighted by atomic mass is 19.4. The third kappa shape index (κ3) is 4.80. The van der Waals surface area contributed by atoms with Gasteiger partial charge in [0, 0.05) is 13.5 Å². The van der Waals surface area contributed by atoms with E-state index in [1.807, 2.05) is 0 Å². The van der Waals surface area contributed by atoms with Gasteiger partial charge in [-0.3, -0.25) is 0 Å². The summed E-state index contributed by atoms with van der Waals surface area (Å²) in [6.07, 6.45) is -11.0. The van der Waals surface area contributed by atoms with Crippen LogP contribution in [-0.4, -0.2) is 85.0 Å². The molecule has 0 unspecified atom stereocenters. The molecule has 0 spiro atoms. The van der Waals surface area contributed by atoms with Crippen molar-refractivity contribution >= 4 is 0 Å². The Hall–Kier alpha value is -1.79. The maximum absolute atomic E-state index is 13.6. The number of methoxy groups -OCH3 is 1. The fraction of sp³-hybridized carbons (Fsp3) is 1.00. The topological polar surface area (TPSA) is 9.23 Å². The van der Waals surface area contributed by atoms with Crippen molar-refractivity contribution in [3.63, 3.8) is 0 Å². The standard InChI is InChI=1S/C15H7F25O/c1-41-3-2-4(16,17)5(18,19)6(20,21)7(22,23)8(24,25)9(26,27)10(28,29)11(30,31)12(32,33)13(34,35)14(36,37)15(38,39)40/h2-3H2,1H3. The van der Waals surface area contributed by atoms with Crippen LogP contribution in [0.2, 0.25) is 0 Å². The average molecular weight is 678 g/mol. The van der Waals surface area contributed by atoms with Crippen LogP contribution >= 0.6 is 0 Å². The van der Waals surface area contributed by atoms with Gasteiger partial charge in [0.2, 0.25) is 0 Å². The van der Waals surface area contributed by atoms with Gasteiger partial charge in [0.05, 0.1) is 6.61 Å². The Balaban J connectivity index is 7.26. The molecule has 26 heteroatoms. The molecule has 0 saturated carbocycles. The van der Waals surface area contributed by atoms with Crippen molar-refractivity contribution < 1.29 is 114 Å². The predicted molar refractivity (Wildman–Crippen MR) is 77.0 cm³/mol. The molecule has 0 saturated heterocycles. The minimum Gasteiger partial charge on any atom is -0.384 e. The van der Waals surface area contributed by atoms with Gasteiger partial charge in [0.25, 0.3) is 0 Å². The molecule has 0 rings (SSSR count). The van der Waals surface area contributed by atoms with Crippen LogP contribution in [0, 0.1) is 0 Å². The van der Waals surface area contributed by atoms with E-state index in [9.17, 15) is 110 Å². The predicted octanol–water partition coefficient (Wildman–Crippen LogP) is 8.57. The molecule has 0 aromatic rings. The second kappa shape index (κ2) is 9.87. The molecule has 0 aliphatic rings. The van der Waals surface area contributed by atoms with Crippen LogP contribution in [0.5, 0.6) is 0 Å². The van der Waals surface area contributed by atoms with E-state index in [2.05, 4.69) is 4.74 Å². The first-order valence-corrected chi connectivity index (χ1v) is 9.03. The van der Waals surface area contributed by atoms with E-state index in [1.54, 1.807) is 0 Å². The van der Waals surface area contributed by atoms with E-state index in [1.165, 1.54) is 0 Å². The molecule has 0 aliphatic carbocycles. The highest BCUT2D eigenvalue weighted by molar-refractivity contribution is 5.19. The molecule has 0 bridgehead atoms. The van der Waals surface area contributed by atoms with Crippen LogP contribution in [-0.2, 0) is 4.74 Å². The number of ether oxygens (including phenoxy) is 1. The lowest BCUT2D eigenvalue weighted by Gasteiger charge is -2.45. The Kier molecular flexibility index (Phi) is 9.44. The third-order valence-electron chi connectivity index (χ3n) is 4.98. The van der Waals surface area contributed by atoms with Gasteiger partial charge in [0.1, 0.15) is 0 Å². The molecule has 0 amide bonds. The van der Waals surface area contributed by atoms with Crippen molar-refractivity contribution in [2.24, 2.45) is 0 Å². The summed E-state index contributed by atoms with van der Waals surface area (Å²) in [5.74, 6) is -98.0. The van der Waals surface area contributed by atoms with Crippen molar-refractivity contribution in [1.29, 1.82) is 0 Å². The van der Waals surface area contributed by atoms with Gasteiger partial charge in [-0.2, -0.15) is 110 Å². The molecule has 1 nitrogen and oxygen atoms in total. The molecule has 0 heterocycles. The van der Waals surface area contributed by atoms with Gasteiger partial charge in [-0.25, -0.2) is 0 Å². The summed E-state index contributed by atoms with van der Waals surface area (Å²) < 4.78 is 334. The van der Waals surface area contributed by atoms with Crippen molar-refractivity contribution in [2.75, 3.05) is 13.7 Å². The van der Waals surface area contributed by atoms with E-state index < -0.39 is 84.4 Å². The fourth-order valence-corrected chi connectivity index (χ4v) is 2.37. The summed E-state index contributed by atoms with van der Waals surface area (Å²) in [6, 6.07) is 0. The van der Waals surface area contributed by atoms with E-state index in [-0.39, 0.29) is 0 Å².